The number of aryl methyl sites for hydroxylation is 1. The first kappa shape index (κ1) is 24.0. The number of fused-ring (bicyclic) bond motifs is 7. The van der Waals surface area contributed by atoms with E-state index in [1.54, 1.807) is 7.11 Å². The summed E-state index contributed by atoms with van der Waals surface area (Å²) in [6, 6.07) is 25.4. The van der Waals surface area contributed by atoms with Gasteiger partial charge in [-0.15, -0.1) is 0 Å². The standard InChI is InChI=1S/C31H26B2N2O5/c1-35-30-26-18-21(33-39-15-16-40-33)9-11-24(26)23-10-8-20(32-37-13-14-38-32)17-25(23)29(30)34-31(35)28-22-6-4-3-5-19(22)7-12-27(28)36-2/h3-12,17-18H,13-16H2,1-2H3. The molecule has 0 atom stereocenters. The normalized spacial score (nSPS) is 15.8. The van der Waals surface area contributed by atoms with Crippen molar-refractivity contribution in [1.82, 2.24) is 9.55 Å². The van der Waals surface area contributed by atoms with Crippen molar-refractivity contribution in [3.05, 3.63) is 72.8 Å². The molecule has 2 saturated heterocycles. The fourth-order valence-corrected chi connectivity index (χ4v) is 6.25. The van der Waals surface area contributed by atoms with Crippen molar-refractivity contribution in [2.24, 2.45) is 7.05 Å². The molecule has 0 amide bonds. The van der Waals surface area contributed by atoms with Gasteiger partial charge in [0.05, 0.1) is 50.1 Å². The van der Waals surface area contributed by atoms with Crippen LogP contribution in [0.4, 0.5) is 0 Å². The van der Waals surface area contributed by atoms with E-state index in [0.29, 0.717) is 26.4 Å². The average molecular weight is 528 g/mol. The van der Waals surface area contributed by atoms with Gasteiger partial charge in [0.1, 0.15) is 11.6 Å². The maximum Gasteiger partial charge on any atom is 0.494 e. The van der Waals surface area contributed by atoms with Crippen LogP contribution in [-0.4, -0.2) is 57.3 Å². The molecule has 0 radical (unpaired) electrons. The summed E-state index contributed by atoms with van der Waals surface area (Å²) >= 11 is 0. The summed E-state index contributed by atoms with van der Waals surface area (Å²) in [5.41, 5.74) is 4.92. The first-order chi connectivity index (χ1) is 19.7. The predicted octanol–water partition coefficient (Wildman–Crippen LogP) is 4.19. The molecule has 9 heteroatoms. The van der Waals surface area contributed by atoms with Crippen LogP contribution in [0.5, 0.6) is 5.75 Å². The Kier molecular flexibility index (Phi) is 5.60. The second-order valence-electron chi connectivity index (χ2n) is 10.3. The van der Waals surface area contributed by atoms with Gasteiger partial charge in [0.25, 0.3) is 0 Å². The van der Waals surface area contributed by atoms with Crippen molar-refractivity contribution in [2.75, 3.05) is 33.5 Å². The van der Waals surface area contributed by atoms with Crippen molar-refractivity contribution < 1.29 is 23.4 Å². The molecular weight excluding hydrogens is 502 g/mol. The van der Waals surface area contributed by atoms with Crippen LogP contribution in [0.15, 0.2) is 72.8 Å². The molecule has 8 rings (SSSR count). The van der Waals surface area contributed by atoms with Gasteiger partial charge >= 0.3 is 14.2 Å². The third-order valence-electron chi connectivity index (χ3n) is 8.11. The van der Waals surface area contributed by atoms with Crippen LogP contribution in [0, 0.1) is 0 Å². The molecule has 5 aromatic carbocycles. The summed E-state index contributed by atoms with van der Waals surface area (Å²) in [5.74, 6) is 1.63. The van der Waals surface area contributed by atoms with Crippen molar-refractivity contribution in [2.45, 2.75) is 0 Å². The lowest BCUT2D eigenvalue weighted by molar-refractivity contribution is 0.365. The van der Waals surface area contributed by atoms with E-state index in [4.69, 9.17) is 28.3 Å². The molecule has 6 aromatic rings. The Labute approximate surface area is 231 Å². The number of methoxy groups -OCH3 is 1. The van der Waals surface area contributed by atoms with Crippen LogP contribution in [0.3, 0.4) is 0 Å². The van der Waals surface area contributed by atoms with E-state index in [0.717, 1.165) is 71.4 Å². The minimum atomic E-state index is -0.365. The van der Waals surface area contributed by atoms with Crippen molar-refractivity contribution >= 4 is 68.5 Å². The monoisotopic (exact) mass is 528 g/mol. The summed E-state index contributed by atoms with van der Waals surface area (Å²) in [7, 11) is 3.07. The summed E-state index contributed by atoms with van der Waals surface area (Å²) < 4.78 is 31.5. The summed E-state index contributed by atoms with van der Waals surface area (Å²) in [5, 5.41) is 6.65. The Balaban J connectivity index is 1.48. The second-order valence-corrected chi connectivity index (χ2v) is 10.3. The van der Waals surface area contributed by atoms with Crippen molar-refractivity contribution in [3.63, 3.8) is 0 Å². The van der Waals surface area contributed by atoms with Crippen LogP contribution in [0.1, 0.15) is 0 Å². The van der Waals surface area contributed by atoms with E-state index in [1.807, 2.05) is 6.07 Å². The number of aromatic nitrogens is 2. The van der Waals surface area contributed by atoms with Gasteiger partial charge in [0.2, 0.25) is 0 Å². The van der Waals surface area contributed by atoms with Crippen LogP contribution in [-0.2, 0) is 25.7 Å². The average Bonchev–Trinajstić information content (AvgIpc) is 3.79. The number of imidazole rings is 1. The molecule has 7 nitrogen and oxygen atoms in total. The molecule has 2 aliphatic heterocycles. The molecule has 3 heterocycles. The zero-order valence-corrected chi connectivity index (χ0v) is 22.3. The van der Waals surface area contributed by atoms with Crippen molar-refractivity contribution in [3.8, 4) is 17.1 Å². The minimum Gasteiger partial charge on any atom is -0.496 e. The highest BCUT2D eigenvalue weighted by atomic mass is 16.6. The molecule has 40 heavy (non-hydrogen) atoms. The largest absolute Gasteiger partial charge is 0.496 e. The van der Waals surface area contributed by atoms with Gasteiger partial charge < -0.3 is 27.9 Å². The van der Waals surface area contributed by atoms with E-state index in [-0.39, 0.29) is 14.2 Å². The van der Waals surface area contributed by atoms with Crippen LogP contribution in [0.25, 0.3) is 54.7 Å². The molecule has 0 N–H and O–H groups in total. The molecule has 0 bridgehead atoms. The molecule has 2 fully saturated rings. The Morgan fingerprint density at radius 3 is 2.00 bits per heavy atom. The zero-order valence-electron chi connectivity index (χ0n) is 22.3. The smallest absolute Gasteiger partial charge is 0.494 e. The van der Waals surface area contributed by atoms with Crippen molar-refractivity contribution in [1.29, 1.82) is 0 Å². The first-order valence-corrected chi connectivity index (χ1v) is 13.6. The van der Waals surface area contributed by atoms with E-state index in [9.17, 15) is 0 Å². The number of hydrogen-bond donors (Lipinski definition) is 0. The number of rotatable bonds is 4. The number of hydrogen-bond acceptors (Lipinski definition) is 6. The summed E-state index contributed by atoms with van der Waals surface area (Å²) in [6.07, 6.45) is 0. The Morgan fingerprint density at radius 2 is 1.32 bits per heavy atom. The maximum absolute atomic E-state index is 5.89. The third-order valence-corrected chi connectivity index (χ3v) is 8.11. The summed E-state index contributed by atoms with van der Waals surface area (Å²) in [6.45, 7) is 2.39. The van der Waals surface area contributed by atoms with Gasteiger partial charge in [-0.25, -0.2) is 4.98 Å². The molecule has 0 saturated carbocycles. The van der Waals surface area contributed by atoms with Crippen LogP contribution >= 0.6 is 0 Å². The highest BCUT2D eigenvalue weighted by molar-refractivity contribution is 6.63. The Bertz CT molecular complexity index is 1940. The molecular formula is C31H26B2N2O5. The van der Waals surface area contributed by atoms with E-state index < -0.39 is 0 Å². The lowest BCUT2D eigenvalue weighted by Gasteiger charge is -2.14. The second kappa shape index (κ2) is 9.35. The molecule has 196 valence electrons. The minimum absolute atomic E-state index is 0.361. The van der Waals surface area contributed by atoms with Crippen LogP contribution < -0.4 is 15.7 Å². The van der Waals surface area contributed by atoms with Gasteiger partial charge in [0, 0.05) is 17.8 Å². The third kappa shape index (κ3) is 3.59. The van der Waals surface area contributed by atoms with E-state index in [2.05, 4.69) is 78.3 Å². The quantitative estimate of drug-likeness (QED) is 0.253. The number of nitrogens with zero attached hydrogens (tertiary/aromatic N) is 2. The lowest BCUT2D eigenvalue weighted by Crippen LogP contribution is -2.31. The zero-order chi connectivity index (χ0) is 26.8. The molecule has 2 aliphatic rings. The fourth-order valence-electron chi connectivity index (χ4n) is 6.25. The topological polar surface area (TPSA) is 64.0 Å². The van der Waals surface area contributed by atoms with E-state index >= 15 is 0 Å². The maximum atomic E-state index is 5.89. The number of benzene rings is 5. The SMILES string of the molecule is COc1ccc2ccccc2c1-c1nc2c3cc(B4OCCO4)ccc3c3ccc(B4OCCO4)cc3c2n1C. The first-order valence-electron chi connectivity index (χ1n) is 13.6. The molecule has 0 aliphatic carbocycles. The molecule has 1 aromatic heterocycles. The molecule has 0 spiro atoms. The predicted molar refractivity (Wildman–Crippen MR) is 160 cm³/mol. The van der Waals surface area contributed by atoms with Gasteiger partial charge in [-0.1, -0.05) is 66.7 Å². The fraction of sp³-hybridized carbons (Fsp3) is 0.194. The Morgan fingerprint density at radius 1 is 0.700 bits per heavy atom. The molecule has 0 unspecified atom stereocenters. The summed E-state index contributed by atoms with van der Waals surface area (Å²) in [4.78, 5) is 5.35. The highest BCUT2D eigenvalue weighted by Crippen LogP contribution is 2.41. The van der Waals surface area contributed by atoms with Gasteiger partial charge in [-0.05, 0) is 38.5 Å². The van der Waals surface area contributed by atoms with Gasteiger partial charge in [-0.3, -0.25) is 0 Å². The lowest BCUT2D eigenvalue weighted by atomic mass is 9.76. The van der Waals surface area contributed by atoms with E-state index in [1.165, 1.54) is 0 Å². The highest BCUT2D eigenvalue weighted by Gasteiger charge is 2.29. The number of ether oxygens (including phenoxy) is 1. The van der Waals surface area contributed by atoms with Gasteiger partial charge in [0.15, 0.2) is 0 Å². The Hall–Kier alpha value is -3.88. The van der Waals surface area contributed by atoms with Crippen LogP contribution in [0.2, 0.25) is 0 Å². The van der Waals surface area contributed by atoms with Gasteiger partial charge in [-0.2, -0.15) is 0 Å².